The lowest BCUT2D eigenvalue weighted by Gasteiger charge is -2.61. The number of carbonyl (C=O) groups excluding carboxylic acids is 1. The number of likely N-dealkylation sites (tertiary alicyclic amines) is 2. The summed E-state index contributed by atoms with van der Waals surface area (Å²) >= 11 is 0. The maximum absolute atomic E-state index is 13.7. The molecule has 3 heterocycles. The molecule has 0 spiro atoms. The smallest absolute Gasteiger partial charge is 0.223 e. The highest BCUT2D eigenvalue weighted by Crippen LogP contribution is 2.57. The van der Waals surface area contributed by atoms with Gasteiger partial charge in [0.15, 0.2) is 0 Å². The van der Waals surface area contributed by atoms with Crippen LogP contribution in [0.5, 0.6) is 5.75 Å². The SMILES string of the molecule is COc1ccc2c(c1)[C@]13CCN(CC4CC4)[C@H](C2)[C@]1(O)CCN(CCCn1cc(C)cn1)C(=O)C3. The Morgan fingerprint density at radius 1 is 1.20 bits per heavy atom. The van der Waals surface area contributed by atoms with Crippen molar-refractivity contribution in [3.8, 4) is 5.75 Å². The topological polar surface area (TPSA) is 70.8 Å². The Labute approximate surface area is 208 Å². The molecule has 35 heavy (non-hydrogen) atoms. The Balaban J connectivity index is 1.30. The highest BCUT2D eigenvalue weighted by Gasteiger charge is 2.64. The zero-order valence-corrected chi connectivity index (χ0v) is 21.1. The third kappa shape index (κ3) is 3.87. The molecule has 4 aliphatic rings. The number of aliphatic hydroxyl groups is 1. The van der Waals surface area contributed by atoms with Gasteiger partial charge in [0.25, 0.3) is 0 Å². The first kappa shape index (κ1) is 23.0. The number of amides is 1. The second-order valence-electron chi connectivity index (χ2n) is 11.4. The molecule has 1 saturated carbocycles. The van der Waals surface area contributed by atoms with Crippen LogP contribution in [0.25, 0.3) is 0 Å². The number of methoxy groups -OCH3 is 1. The van der Waals surface area contributed by atoms with Crippen molar-refractivity contribution in [1.82, 2.24) is 19.6 Å². The van der Waals surface area contributed by atoms with Crippen LogP contribution in [0.3, 0.4) is 0 Å². The van der Waals surface area contributed by atoms with E-state index in [9.17, 15) is 9.90 Å². The molecule has 1 N–H and O–H groups in total. The lowest BCUT2D eigenvalue weighted by atomic mass is 9.52. The van der Waals surface area contributed by atoms with Gasteiger partial charge >= 0.3 is 0 Å². The van der Waals surface area contributed by atoms with Gasteiger partial charge in [-0.15, -0.1) is 0 Å². The predicted molar refractivity (Wildman–Crippen MR) is 133 cm³/mol. The van der Waals surface area contributed by atoms with E-state index in [1.165, 1.54) is 18.4 Å². The molecule has 0 unspecified atom stereocenters. The van der Waals surface area contributed by atoms with E-state index in [0.717, 1.165) is 61.7 Å². The van der Waals surface area contributed by atoms with Crippen molar-refractivity contribution >= 4 is 5.91 Å². The van der Waals surface area contributed by atoms with Crippen LogP contribution in [-0.4, -0.2) is 75.5 Å². The van der Waals surface area contributed by atoms with Crippen molar-refractivity contribution in [3.63, 3.8) is 0 Å². The molecule has 1 amide bonds. The molecular formula is C28H38N4O3. The summed E-state index contributed by atoms with van der Waals surface area (Å²) < 4.78 is 7.54. The minimum absolute atomic E-state index is 0.0672. The number of aromatic nitrogens is 2. The van der Waals surface area contributed by atoms with Crippen LogP contribution in [0.15, 0.2) is 30.6 Å². The highest BCUT2D eigenvalue weighted by molar-refractivity contribution is 5.79. The fourth-order valence-electron chi connectivity index (χ4n) is 7.15. The van der Waals surface area contributed by atoms with E-state index in [2.05, 4.69) is 22.1 Å². The molecule has 2 aliphatic carbocycles. The van der Waals surface area contributed by atoms with E-state index in [1.807, 2.05) is 35.0 Å². The van der Waals surface area contributed by atoms with Crippen LogP contribution in [0.2, 0.25) is 0 Å². The Hall–Kier alpha value is -2.38. The molecule has 7 nitrogen and oxygen atoms in total. The first-order valence-electron chi connectivity index (χ1n) is 13.3. The number of aryl methyl sites for hydroxylation is 2. The van der Waals surface area contributed by atoms with E-state index >= 15 is 0 Å². The van der Waals surface area contributed by atoms with Crippen LogP contribution in [0.4, 0.5) is 0 Å². The summed E-state index contributed by atoms with van der Waals surface area (Å²) in [6.45, 7) is 6.18. The van der Waals surface area contributed by atoms with Gasteiger partial charge in [-0.05, 0) is 86.7 Å². The molecule has 6 rings (SSSR count). The summed E-state index contributed by atoms with van der Waals surface area (Å²) in [6.07, 6.45) is 10.1. The van der Waals surface area contributed by atoms with Crippen LogP contribution < -0.4 is 4.74 Å². The number of carbonyl (C=O) groups is 1. The van der Waals surface area contributed by atoms with Gasteiger partial charge in [-0.3, -0.25) is 14.4 Å². The number of fused-ring (bicyclic) bond motifs is 1. The number of ether oxygens (including phenoxy) is 1. The standard InChI is InChI=1S/C28H38N4O3/c1-20-17-29-32(18-20)11-3-10-30-13-9-28(34)25-14-22-6-7-23(35-2)15-24(22)27(28,16-26(30)33)8-12-31(25)19-21-4-5-21/h6-7,15,17-18,21,25,34H,3-5,8-14,16,19H2,1-2H3/t25-,27-,28-/m1/s1. The van der Waals surface area contributed by atoms with E-state index in [4.69, 9.17) is 4.74 Å². The number of nitrogens with zero attached hydrogens (tertiary/aromatic N) is 4. The van der Waals surface area contributed by atoms with E-state index in [0.29, 0.717) is 25.9 Å². The Morgan fingerprint density at radius 2 is 2.06 bits per heavy atom. The molecule has 2 bridgehead atoms. The molecule has 2 aromatic rings. The van der Waals surface area contributed by atoms with Gasteiger partial charge in [0.05, 0.1) is 18.9 Å². The molecule has 2 aliphatic heterocycles. The van der Waals surface area contributed by atoms with Crippen LogP contribution in [0, 0.1) is 12.8 Å². The van der Waals surface area contributed by atoms with Crippen molar-refractivity contribution in [3.05, 3.63) is 47.3 Å². The van der Waals surface area contributed by atoms with Crippen molar-refractivity contribution in [2.45, 2.75) is 75.5 Å². The quantitative estimate of drug-likeness (QED) is 0.663. The molecule has 0 radical (unpaired) electrons. The first-order valence-corrected chi connectivity index (χ1v) is 13.3. The monoisotopic (exact) mass is 478 g/mol. The molecule has 3 atom stereocenters. The third-order valence-corrected chi connectivity index (χ3v) is 9.23. The van der Waals surface area contributed by atoms with Crippen molar-refractivity contribution in [1.29, 1.82) is 0 Å². The van der Waals surface area contributed by atoms with Gasteiger partial charge in [0.2, 0.25) is 5.91 Å². The summed E-state index contributed by atoms with van der Waals surface area (Å²) in [5, 5.41) is 17.0. The van der Waals surface area contributed by atoms with Crippen LogP contribution >= 0.6 is 0 Å². The minimum atomic E-state index is -0.914. The van der Waals surface area contributed by atoms with Crippen LogP contribution in [0.1, 0.15) is 55.2 Å². The summed E-state index contributed by atoms with van der Waals surface area (Å²) in [6, 6.07) is 6.37. The van der Waals surface area contributed by atoms with Gasteiger partial charge in [-0.25, -0.2) is 0 Å². The molecule has 7 heteroatoms. The number of hydrogen-bond acceptors (Lipinski definition) is 5. The summed E-state index contributed by atoms with van der Waals surface area (Å²) in [5.74, 6) is 1.75. The maximum Gasteiger partial charge on any atom is 0.223 e. The number of hydrogen-bond donors (Lipinski definition) is 1. The summed E-state index contributed by atoms with van der Waals surface area (Å²) in [4.78, 5) is 18.3. The fourth-order valence-corrected chi connectivity index (χ4v) is 7.15. The predicted octanol–water partition coefficient (Wildman–Crippen LogP) is 2.92. The van der Waals surface area contributed by atoms with Crippen molar-refractivity contribution < 1.29 is 14.6 Å². The molecular weight excluding hydrogens is 440 g/mol. The molecule has 1 aromatic heterocycles. The van der Waals surface area contributed by atoms with Crippen LogP contribution in [-0.2, 0) is 23.2 Å². The maximum atomic E-state index is 13.7. The first-order chi connectivity index (χ1) is 16.9. The zero-order valence-electron chi connectivity index (χ0n) is 21.1. The second-order valence-corrected chi connectivity index (χ2v) is 11.4. The Kier molecular flexibility index (Phi) is 5.68. The number of rotatable bonds is 7. The normalized spacial score (nSPS) is 30.5. The highest BCUT2D eigenvalue weighted by atomic mass is 16.5. The molecule has 2 saturated heterocycles. The largest absolute Gasteiger partial charge is 0.497 e. The fraction of sp³-hybridized carbons (Fsp3) is 0.643. The zero-order chi connectivity index (χ0) is 24.2. The van der Waals surface area contributed by atoms with E-state index < -0.39 is 11.0 Å². The molecule has 1 aromatic carbocycles. The minimum Gasteiger partial charge on any atom is -0.497 e. The second kappa shape index (κ2) is 8.63. The average Bonchev–Trinajstić information content (AvgIpc) is 3.59. The average molecular weight is 479 g/mol. The van der Waals surface area contributed by atoms with Crippen molar-refractivity contribution in [2.24, 2.45) is 5.92 Å². The number of benzene rings is 1. The molecule has 188 valence electrons. The van der Waals surface area contributed by atoms with Gasteiger partial charge in [0, 0.05) is 50.3 Å². The third-order valence-electron chi connectivity index (χ3n) is 9.23. The van der Waals surface area contributed by atoms with Gasteiger partial charge < -0.3 is 14.7 Å². The van der Waals surface area contributed by atoms with Crippen molar-refractivity contribution in [2.75, 3.05) is 33.3 Å². The lowest BCUT2D eigenvalue weighted by molar-refractivity contribution is -0.153. The number of piperidine rings is 1. The van der Waals surface area contributed by atoms with E-state index in [1.54, 1.807) is 7.11 Å². The lowest BCUT2D eigenvalue weighted by Crippen LogP contribution is -2.71. The summed E-state index contributed by atoms with van der Waals surface area (Å²) in [5.41, 5.74) is 2.10. The summed E-state index contributed by atoms with van der Waals surface area (Å²) in [7, 11) is 1.69. The Bertz CT molecular complexity index is 1110. The van der Waals surface area contributed by atoms with E-state index in [-0.39, 0.29) is 11.9 Å². The molecule has 3 fully saturated rings. The van der Waals surface area contributed by atoms with Gasteiger partial charge in [-0.2, -0.15) is 5.10 Å². The Morgan fingerprint density at radius 3 is 2.80 bits per heavy atom. The van der Waals surface area contributed by atoms with Gasteiger partial charge in [-0.1, -0.05) is 6.07 Å². The van der Waals surface area contributed by atoms with Gasteiger partial charge in [0.1, 0.15) is 5.75 Å².